The summed E-state index contributed by atoms with van der Waals surface area (Å²) in [6.45, 7) is 1.92. The molecule has 124 valence electrons. The van der Waals surface area contributed by atoms with Gasteiger partial charge in [-0.15, -0.1) is 0 Å². The highest BCUT2D eigenvalue weighted by Gasteiger charge is 2.39. The zero-order chi connectivity index (χ0) is 16.5. The lowest BCUT2D eigenvalue weighted by Gasteiger charge is -2.38. The molecule has 24 heavy (non-hydrogen) atoms. The second-order valence-electron chi connectivity index (χ2n) is 6.58. The Hall–Kier alpha value is -2.00. The summed E-state index contributed by atoms with van der Waals surface area (Å²) in [5.74, 6) is 0. The molecule has 2 aliphatic heterocycles. The fraction of sp³-hybridized carbons (Fsp3) is 0.350. The zero-order valence-electron chi connectivity index (χ0n) is 13.6. The molecule has 2 aromatic carbocycles. The normalized spacial score (nSPS) is 23.2. The van der Waals surface area contributed by atoms with Crippen molar-refractivity contribution in [3.05, 3.63) is 59.1 Å². The van der Waals surface area contributed by atoms with Gasteiger partial charge in [0.05, 0.1) is 6.04 Å². The van der Waals surface area contributed by atoms with Crippen LogP contribution in [0, 0.1) is 0 Å². The van der Waals surface area contributed by atoms with Gasteiger partial charge in [-0.25, -0.2) is 0 Å². The molecule has 3 nitrogen and oxygen atoms in total. The smallest absolute Gasteiger partial charge is 0.144 e. The topological polar surface area (TPSA) is 23.6 Å². The number of hydrogen-bond donors (Lipinski definition) is 0. The van der Waals surface area contributed by atoms with Gasteiger partial charge in [-0.1, -0.05) is 29.8 Å². The molecule has 4 heteroatoms. The Bertz CT molecular complexity index is 734. The van der Waals surface area contributed by atoms with Crippen LogP contribution in [0.4, 0.5) is 11.4 Å². The van der Waals surface area contributed by atoms with E-state index in [1.54, 1.807) is 0 Å². The summed E-state index contributed by atoms with van der Waals surface area (Å²) in [6.07, 6.45) is 4.29. The predicted molar refractivity (Wildman–Crippen MR) is 99.2 cm³/mol. The van der Waals surface area contributed by atoms with Gasteiger partial charge in [-0.2, -0.15) is 0 Å². The molecule has 4 rings (SSSR count). The molecule has 2 heterocycles. The van der Waals surface area contributed by atoms with E-state index >= 15 is 0 Å². The first-order valence-electron chi connectivity index (χ1n) is 8.60. The molecule has 0 aromatic heterocycles. The maximum atomic E-state index is 11.9. The molecule has 0 aliphatic carbocycles. The third-order valence-corrected chi connectivity index (χ3v) is 5.48. The summed E-state index contributed by atoms with van der Waals surface area (Å²) in [7, 11) is 0. The number of rotatable bonds is 3. The molecular formula is C20H21ClN2O. The Labute approximate surface area is 147 Å². The number of hydrogen-bond acceptors (Lipinski definition) is 3. The Morgan fingerprint density at radius 2 is 1.88 bits per heavy atom. The number of nitrogens with zero attached hydrogens (tertiary/aromatic N) is 2. The molecule has 2 atom stereocenters. The van der Waals surface area contributed by atoms with Crippen LogP contribution >= 0.6 is 11.6 Å². The number of benzene rings is 2. The highest BCUT2D eigenvalue weighted by atomic mass is 35.5. The molecule has 2 unspecified atom stereocenters. The molecule has 0 radical (unpaired) electrons. The number of halogens is 1. The quantitative estimate of drug-likeness (QED) is 0.791. The number of para-hydroxylation sites is 1. The van der Waals surface area contributed by atoms with Crippen LogP contribution in [0.1, 0.15) is 18.4 Å². The molecule has 0 N–H and O–H groups in total. The molecule has 0 spiro atoms. The van der Waals surface area contributed by atoms with E-state index in [0.29, 0.717) is 0 Å². The van der Waals surface area contributed by atoms with Gasteiger partial charge in [-0.3, -0.25) is 0 Å². The Kier molecular flexibility index (Phi) is 4.19. The highest BCUT2D eigenvalue weighted by Crippen LogP contribution is 2.36. The van der Waals surface area contributed by atoms with Gasteiger partial charge in [0.1, 0.15) is 12.3 Å². The molecule has 0 bridgehead atoms. The molecule has 1 fully saturated rings. The first kappa shape index (κ1) is 15.5. The zero-order valence-corrected chi connectivity index (χ0v) is 14.3. The molecule has 2 aromatic rings. The van der Waals surface area contributed by atoms with Gasteiger partial charge in [-0.05, 0) is 55.2 Å². The molecular weight excluding hydrogens is 320 g/mol. The summed E-state index contributed by atoms with van der Waals surface area (Å²) < 4.78 is 0. The van der Waals surface area contributed by atoms with E-state index in [1.165, 1.54) is 11.3 Å². The first-order chi connectivity index (χ1) is 11.8. The van der Waals surface area contributed by atoms with E-state index in [9.17, 15) is 4.79 Å². The number of aldehydes is 1. The summed E-state index contributed by atoms with van der Waals surface area (Å²) in [5, 5.41) is 0.792. The molecule has 1 saturated heterocycles. The Morgan fingerprint density at radius 3 is 2.67 bits per heavy atom. The van der Waals surface area contributed by atoms with Crippen LogP contribution in [0.2, 0.25) is 5.02 Å². The lowest BCUT2D eigenvalue weighted by Crippen LogP contribution is -2.48. The van der Waals surface area contributed by atoms with Crippen molar-refractivity contribution >= 4 is 29.3 Å². The average molecular weight is 341 g/mol. The van der Waals surface area contributed by atoms with Crippen molar-refractivity contribution in [3.8, 4) is 0 Å². The van der Waals surface area contributed by atoms with Gasteiger partial charge in [0.2, 0.25) is 0 Å². The highest BCUT2D eigenvalue weighted by molar-refractivity contribution is 6.30. The van der Waals surface area contributed by atoms with Gasteiger partial charge < -0.3 is 14.6 Å². The van der Waals surface area contributed by atoms with Crippen LogP contribution in [-0.4, -0.2) is 31.5 Å². The molecule has 2 aliphatic rings. The van der Waals surface area contributed by atoms with E-state index in [2.05, 4.69) is 34.1 Å². The van der Waals surface area contributed by atoms with Crippen molar-refractivity contribution in [1.82, 2.24) is 0 Å². The van der Waals surface area contributed by atoms with E-state index in [4.69, 9.17) is 11.6 Å². The SMILES string of the molecule is O=CC1C(N2CCCc3cc(Cl)ccc32)CCN1c1ccccc1. The minimum absolute atomic E-state index is 0.103. The third kappa shape index (κ3) is 2.67. The average Bonchev–Trinajstić information content (AvgIpc) is 3.05. The van der Waals surface area contributed by atoms with Crippen molar-refractivity contribution in [2.24, 2.45) is 0 Å². The summed E-state index contributed by atoms with van der Waals surface area (Å²) >= 11 is 6.16. The number of fused-ring (bicyclic) bond motifs is 1. The maximum Gasteiger partial charge on any atom is 0.144 e. The van der Waals surface area contributed by atoms with E-state index in [1.807, 2.05) is 24.3 Å². The first-order valence-corrected chi connectivity index (χ1v) is 8.98. The summed E-state index contributed by atoms with van der Waals surface area (Å²) in [4.78, 5) is 16.6. The van der Waals surface area contributed by atoms with Gasteiger partial charge in [0.15, 0.2) is 0 Å². The van der Waals surface area contributed by atoms with Crippen LogP contribution in [0.15, 0.2) is 48.5 Å². The van der Waals surface area contributed by atoms with Gasteiger partial charge in [0.25, 0.3) is 0 Å². The number of aryl methyl sites for hydroxylation is 1. The van der Waals surface area contributed by atoms with E-state index in [-0.39, 0.29) is 12.1 Å². The second kappa shape index (κ2) is 6.48. The Morgan fingerprint density at radius 1 is 1.04 bits per heavy atom. The maximum absolute atomic E-state index is 11.9. The monoisotopic (exact) mass is 340 g/mol. The molecule has 0 amide bonds. The van der Waals surface area contributed by atoms with Crippen LogP contribution in [0.3, 0.4) is 0 Å². The Balaban J connectivity index is 1.65. The van der Waals surface area contributed by atoms with Crippen molar-refractivity contribution in [1.29, 1.82) is 0 Å². The minimum Gasteiger partial charge on any atom is -0.366 e. The lowest BCUT2D eigenvalue weighted by atomic mass is 9.97. The van der Waals surface area contributed by atoms with Crippen LogP contribution in [0.25, 0.3) is 0 Å². The number of carbonyl (C=O) groups is 1. The van der Waals surface area contributed by atoms with Crippen molar-refractivity contribution < 1.29 is 4.79 Å². The van der Waals surface area contributed by atoms with Crippen molar-refractivity contribution in [2.75, 3.05) is 22.9 Å². The van der Waals surface area contributed by atoms with Gasteiger partial charge >= 0.3 is 0 Å². The number of carbonyl (C=O) groups excluding carboxylic acids is 1. The van der Waals surface area contributed by atoms with Crippen LogP contribution < -0.4 is 9.80 Å². The van der Waals surface area contributed by atoms with E-state index < -0.39 is 0 Å². The van der Waals surface area contributed by atoms with Crippen LogP contribution in [0.5, 0.6) is 0 Å². The third-order valence-electron chi connectivity index (χ3n) is 5.24. The van der Waals surface area contributed by atoms with E-state index in [0.717, 1.165) is 49.3 Å². The lowest BCUT2D eigenvalue weighted by molar-refractivity contribution is -0.109. The standard InChI is InChI=1S/C20H21ClN2O/c21-16-8-9-18-15(13-16)5-4-11-23(18)19-10-12-22(20(19)14-24)17-6-2-1-3-7-17/h1-3,6-9,13-14,19-20H,4-5,10-12H2. The van der Waals surface area contributed by atoms with Crippen molar-refractivity contribution in [3.63, 3.8) is 0 Å². The number of anilines is 2. The summed E-state index contributed by atoms with van der Waals surface area (Å²) in [6, 6.07) is 16.5. The predicted octanol–water partition coefficient (Wildman–Crippen LogP) is 3.94. The largest absolute Gasteiger partial charge is 0.366 e. The second-order valence-corrected chi connectivity index (χ2v) is 7.02. The fourth-order valence-corrected chi connectivity index (χ4v) is 4.36. The van der Waals surface area contributed by atoms with Gasteiger partial charge in [0, 0.05) is 29.5 Å². The van der Waals surface area contributed by atoms with Crippen LogP contribution in [-0.2, 0) is 11.2 Å². The molecule has 0 saturated carbocycles. The van der Waals surface area contributed by atoms with Crippen molar-refractivity contribution in [2.45, 2.75) is 31.3 Å². The fourth-order valence-electron chi connectivity index (χ4n) is 4.16. The summed E-state index contributed by atoms with van der Waals surface area (Å²) in [5.41, 5.74) is 3.68. The minimum atomic E-state index is -0.103.